The van der Waals surface area contributed by atoms with Gasteiger partial charge in [-0.3, -0.25) is 4.99 Å². The molecule has 0 aromatic heterocycles. The average molecular weight is 152 g/mol. The molecule has 0 aliphatic carbocycles. The van der Waals surface area contributed by atoms with Crippen molar-refractivity contribution in [1.29, 1.82) is 0 Å². The quantitative estimate of drug-likeness (QED) is 0.364. The zero-order valence-corrected chi connectivity index (χ0v) is 7.73. The molecule has 1 N–H and O–H groups in total. The van der Waals surface area contributed by atoms with E-state index < -0.39 is 0 Å². The fraction of sp³-hybridized carbons (Fsp3) is 0.444. The lowest BCUT2D eigenvalue weighted by atomic mass is 10.1. The van der Waals surface area contributed by atoms with Crippen molar-refractivity contribution in [3.63, 3.8) is 0 Å². The van der Waals surface area contributed by atoms with Gasteiger partial charge in [-0.25, -0.2) is 0 Å². The molecule has 0 rings (SSSR count). The molecule has 0 aliphatic heterocycles. The van der Waals surface area contributed by atoms with Crippen molar-refractivity contribution in [3.8, 4) is 0 Å². The molecule has 0 aromatic rings. The minimum absolute atomic E-state index is 0.919. The number of nitrogens with one attached hydrogen (secondary N) is 1. The summed E-state index contributed by atoms with van der Waals surface area (Å²) in [5, 5.41) is 3.01. The Hall–Kier alpha value is -1.05. The molecule has 0 fully saturated rings. The van der Waals surface area contributed by atoms with E-state index in [1.165, 1.54) is 0 Å². The summed E-state index contributed by atoms with van der Waals surface area (Å²) in [6.45, 7) is 7.73. The first-order valence-corrected chi connectivity index (χ1v) is 3.62. The summed E-state index contributed by atoms with van der Waals surface area (Å²) in [6, 6.07) is 0. The zero-order chi connectivity index (χ0) is 8.85. The van der Waals surface area contributed by atoms with Gasteiger partial charge in [0, 0.05) is 14.1 Å². The predicted molar refractivity (Wildman–Crippen MR) is 51.0 cm³/mol. The second-order valence-corrected chi connectivity index (χ2v) is 2.33. The SMILES string of the molecule is C=C/C(C)=C(C)\C(=N/C)NC. The fourth-order valence-electron chi connectivity index (χ4n) is 0.807. The molecule has 0 radical (unpaired) electrons. The van der Waals surface area contributed by atoms with Crippen LogP contribution in [-0.2, 0) is 0 Å². The van der Waals surface area contributed by atoms with Gasteiger partial charge < -0.3 is 5.32 Å². The molecule has 0 amide bonds. The molecule has 62 valence electrons. The Labute approximate surface area is 68.7 Å². The fourth-order valence-corrected chi connectivity index (χ4v) is 0.807. The van der Waals surface area contributed by atoms with E-state index in [0.29, 0.717) is 0 Å². The second kappa shape index (κ2) is 4.72. The molecule has 0 unspecified atom stereocenters. The van der Waals surface area contributed by atoms with Gasteiger partial charge >= 0.3 is 0 Å². The molecule has 0 aliphatic rings. The van der Waals surface area contributed by atoms with Crippen molar-refractivity contribution in [2.45, 2.75) is 13.8 Å². The van der Waals surface area contributed by atoms with Crippen LogP contribution in [0.25, 0.3) is 0 Å². The maximum absolute atomic E-state index is 4.08. The molecule has 0 spiro atoms. The third kappa shape index (κ3) is 2.58. The normalized spacial score (nSPS) is 14.0. The summed E-state index contributed by atoms with van der Waals surface area (Å²) in [6.07, 6.45) is 1.83. The Morgan fingerprint density at radius 1 is 1.45 bits per heavy atom. The maximum atomic E-state index is 4.08. The highest BCUT2D eigenvalue weighted by atomic mass is 14.9. The van der Waals surface area contributed by atoms with Crippen LogP contribution in [-0.4, -0.2) is 19.9 Å². The van der Waals surface area contributed by atoms with Crippen LogP contribution in [0.15, 0.2) is 28.8 Å². The van der Waals surface area contributed by atoms with Crippen molar-refractivity contribution >= 4 is 5.84 Å². The zero-order valence-electron chi connectivity index (χ0n) is 7.73. The number of amidine groups is 1. The second-order valence-electron chi connectivity index (χ2n) is 2.33. The van der Waals surface area contributed by atoms with Crippen LogP contribution in [0.1, 0.15) is 13.8 Å². The monoisotopic (exact) mass is 152 g/mol. The summed E-state index contributed by atoms with van der Waals surface area (Å²) in [4.78, 5) is 4.08. The summed E-state index contributed by atoms with van der Waals surface area (Å²) in [5.41, 5.74) is 2.30. The first kappa shape index (κ1) is 9.95. The lowest BCUT2D eigenvalue weighted by molar-refractivity contribution is 1.13. The topological polar surface area (TPSA) is 24.4 Å². The highest BCUT2D eigenvalue weighted by Crippen LogP contribution is 2.04. The number of rotatable bonds is 2. The minimum atomic E-state index is 0.919. The number of likely N-dealkylation sites (N-methyl/N-ethyl adjacent to an activating group) is 1. The smallest absolute Gasteiger partial charge is 0.123 e. The van der Waals surface area contributed by atoms with Crippen molar-refractivity contribution < 1.29 is 0 Å². The molecule has 0 saturated carbocycles. The van der Waals surface area contributed by atoms with Gasteiger partial charge in [-0.2, -0.15) is 0 Å². The Bertz CT molecular complexity index is 200. The molecule has 0 bridgehead atoms. The molecular weight excluding hydrogens is 136 g/mol. The van der Waals surface area contributed by atoms with Crippen LogP contribution in [0.5, 0.6) is 0 Å². The Morgan fingerprint density at radius 2 is 2.00 bits per heavy atom. The molecule has 0 atom stereocenters. The van der Waals surface area contributed by atoms with E-state index in [0.717, 1.165) is 17.0 Å². The third-order valence-electron chi connectivity index (χ3n) is 1.71. The van der Waals surface area contributed by atoms with Gasteiger partial charge in [-0.15, -0.1) is 0 Å². The van der Waals surface area contributed by atoms with Crippen molar-refractivity contribution in [1.82, 2.24) is 5.32 Å². The van der Waals surface area contributed by atoms with Crippen molar-refractivity contribution in [2.75, 3.05) is 14.1 Å². The van der Waals surface area contributed by atoms with Crippen LogP contribution >= 0.6 is 0 Å². The van der Waals surface area contributed by atoms with Crippen LogP contribution in [0.2, 0.25) is 0 Å². The lowest BCUT2D eigenvalue weighted by Gasteiger charge is -2.06. The van der Waals surface area contributed by atoms with E-state index in [4.69, 9.17) is 0 Å². The summed E-state index contributed by atoms with van der Waals surface area (Å²) >= 11 is 0. The van der Waals surface area contributed by atoms with Gasteiger partial charge in [0.25, 0.3) is 0 Å². The van der Waals surface area contributed by atoms with Gasteiger partial charge in [0.1, 0.15) is 5.84 Å². The number of aliphatic imine (C=N–C) groups is 1. The maximum Gasteiger partial charge on any atom is 0.123 e. The molecule has 0 aromatic carbocycles. The van der Waals surface area contributed by atoms with Crippen LogP contribution < -0.4 is 5.32 Å². The van der Waals surface area contributed by atoms with Crippen LogP contribution in [0.4, 0.5) is 0 Å². The number of nitrogens with zero attached hydrogens (tertiary/aromatic N) is 1. The van der Waals surface area contributed by atoms with E-state index in [1.54, 1.807) is 7.05 Å². The molecule has 2 heteroatoms. The number of hydrogen-bond donors (Lipinski definition) is 1. The van der Waals surface area contributed by atoms with Crippen molar-refractivity contribution in [3.05, 3.63) is 23.8 Å². The Kier molecular flexibility index (Phi) is 4.27. The van der Waals surface area contributed by atoms with Gasteiger partial charge in [-0.1, -0.05) is 12.7 Å². The van der Waals surface area contributed by atoms with E-state index in [9.17, 15) is 0 Å². The summed E-state index contributed by atoms with van der Waals surface area (Å²) in [7, 11) is 3.63. The summed E-state index contributed by atoms with van der Waals surface area (Å²) < 4.78 is 0. The first-order valence-electron chi connectivity index (χ1n) is 3.62. The summed E-state index contributed by atoms with van der Waals surface area (Å²) in [5.74, 6) is 0.919. The van der Waals surface area contributed by atoms with E-state index in [-0.39, 0.29) is 0 Å². The van der Waals surface area contributed by atoms with Crippen LogP contribution in [0.3, 0.4) is 0 Å². The highest BCUT2D eigenvalue weighted by Gasteiger charge is 1.98. The average Bonchev–Trinajstić information content (AvgIpc) is 2.05. The van der Waals surface area contributed by atoms with Gasteiger partial charge in [0.15, 0.2) is 0 Å². The Balaban J connectivity index is 4.70. The molecule has 0 saturated heterocycles. The van der Waals surface area contributed by atoms with E-state index in [2.05, 4.69) is 16.9 Å². The molecular formula is C9H16N2. The Morgan fingerprint density at radius 3 is 2.27 bits per heavy atom. The molecule has 2 nitrogen and oxygen atoms in total. The highest BCUT2D eigenvalue weighted by molar-refractivity contribution is 5.98. The van der Waals surface area contributed by atoms with E-state index >= 15 is 0 Å². The van der Waals surface area contributed by atoms with Crippen LogP contribution in [0, 0.1) is 0 Å². The predicted octanol–water partition coefficient (Wildman–Crippen LogP) is 1.76. The van der Waals surface area contributed by atoms with Gasteiger partial charge in [0.05, 0.1) is 0 Å². The minimum Gasteiger partial charge on any atom is -0.373 e. The third-order valence-corrected chi connectivity index (χ3v) is 1.71. The molecule has 11 heavy (non-hydrogen) atoms. The first-order chi connectivity index (χ1) is 5.17. The van der Waals surface area contributed by atoms with Gasteiger partial charge in [-0.05, 0) is 25.0 Å². The van der Waals surface area contributed by atoms with Gasteiger partial charge in [0.2, 0.25) is 0 Å². The molecule has 0 heterocycles. The largest absolute Gasteiger partial charge is 0.373 e. The number of hydrogen-bond acceptors (Lipinski definition) is 1. The number of allylic oxidation sites excluding steroid dienone is 2. The van der Waals surface area contributed by atoms with E-state index in [1.807, 2.05) is 27.0 Å². The van der Waals surface area contributed by atoms with Crippen molar-refractivity contribution in [2.24, 2.45) is 4.99 Å². The lowest BCUT2D eigenvalue weighted by Crippen LogP contribution is -2.19. The standard InChI is InChI=1S/C9H16N2/c1-6-7(2)8(3)9(10-4)11-5/h6H,1H2,2-5H3,(H,10,11)/b8-7-.